The lowest BCUT2D eigenvalue weighted by molar-refractivity contribution is 0.321. The summed E-state index contributed by atoms with van der Waals surface area (Å²) in [5, 5.41) is 6.76. The van der Waals surface area contributed by atoms with E-state index in [1.807, 2.05) is 13.0 Å². The summed E-state index contributed by atoms with van der Waals surface area (Å²) in [5.41, 5.74) is 0.836. The minimum absolute atomic E-state index is 0.298. The van der Waals surface area contributed by atoms with Crippen LogP contribution >= 0.6 is 0 Å². The van der Waals surface area contributed by atoms with Gasteiger partial charge < -0.3 is 15.4 Å². The summed E-state index contributed by atoms with van der Waals surface area (Å²) < 4.78 is 18.9. The number of anilines is 1. The van der Waals surface area contributed by atoms with Gasteiger partial charge in [-0.1, -0.05) is 0 Å². The summed E-state index contributed by atoms with van der Waals surface area (Å²) in [4.78, 5) is 0. The molecule has 100 valence electrons. The lowest BCUT2D eigenvalue weighted by Crippen LogP contribution is -2.21. The Morgan fingerprint density at radius 1 is 1.39 bits per heavy atom. The van der Waals surface area contributed by atoms with E-state index in [0.717, 1.165) is 38.0 Å². The third-order valence-electron chi connectivity index (χ3n) is 3.18. The van der Waals surface area contributed by atoms with Crippen LogP contribution < -0.4 is 15.4 Å². The molecule has 18 heavy (non-hydrogen) atoms. The predicted molar refractivity (Wildman–Crippen MR) is 71.7 cm³/mol. The van der Waals surface area contributed by atoms with Crippen LogP contribution in [0.4, 0.5) is 10.1 Å². The van der Waals surface area contributed by atoms with Crippen LogP contribution in [0.25, 0.3) is 0 Å². The standard InChI is InChI=1S/C14H21FN2O/c1-2-18-14-6-5-12(10-13(14)15)17-11-4-3-8-16-9-7-11/h5-6,10-11,16-17H,2-4,7-9H2,1H3. The molecule has 0 saturated carbocycles. The topological polar surface area (TPSA) is 33.3 Å². The van der Waals surface area contributed by atoms with E-state index in [9.17, 15) is 4.39 Å². The van der Waals surface area contributed by atoms with Gasteiger partial charge in [0.25, 0.3) is 0 Å². The number of hydrogen-bond acceptors (Lipinski definition) is 3. The van der Waals surface area contributed by atoms with Gasteiger partial charge in [-0.25, -0.2) is 4.39 Å². The highest BCUT2D eigenvalue weighted by atomic mass is 19.1. The highest BCUT2D eigenvalue weighted by molar-refractivity contribution is 5.48. The van der Waals surface area contributed by atoms with Gasteiger partial charge in [0.05, 0.1) is 6.61 Å². The maximum Gasteiger partial charge on any atom is 0.167 e. The van der Waals surface area contributed by atoms with Gasteiger partial charge in [0.2, 0.25) is 0 Å². The second-order valence-electron chi connectivity index (χ2n) is 4.60. The second kappa shape index (κ2) is 6.59. The van der Waals surface area contributed by atoms with Crippen molar-refractivity contribution in [2.45, 2.75) is 32.2 Å². The summed E-state index contributed by atoms with van der Waals surface area (Å²) in [7, 11) is 0. The maximum atomic E-state index is 13.7. The van der Waals surface area contributed by atoms with Crippen molar-refractivity contribution in [1.82, 2.24) is 5.32 Å². The Balaban J connectivity index is 1.98. The first-order chi connectivity index (χ1) is 8.79. The highest BCUT2D eigenvalue weighted by Crippen LogP contribution is 2.22. The molecule has 1 aliphatic heterocycles. The molecule has 0 aliphatic carbocycles. The molecule has 0 amide bonds. The Bertz CT molecular complexity index is 376. The molecule has 0 spiro atoms. The van der Waals surface area contributed by atoms with Gasteiger partial charge >= 0.3 is 0 Å². The molecular formula is C14H21FN2O. The normalized spacial score (nSPS) is 20.2. The average Bonchev–Trinajstić information content (AvgIpc) is 2.61. The largest absolute Gasteiger partial charge is 0.491 e. The molecule has 4 heteroatoms. The molecule has 1 aromatic carbocycles. The van der Waals surface area contributed by atoms with Crippen molar-refractivity contribution < 1.29 is 9.13 Å². The van der Waals surface area contributed by atoms with E-state index in [1.165, 1.54) is 6.07 Å². The van der Waals surface area contributed by atoms with Crippen LogP contribution in [0.2, 0.25) is 0 Å². The molecule has 2 rings (SSSR count). The van der Waals surface area contributed by atoms with Crippen molar-refractivity contribution in [2.24, 2.45) is 0 Å². The molecule has 1 aliphatic rings. The number of hydrogen-bond donors (Lipinski definition) is 2. The van der Waals surface area contributed by atoms with E-state index in [-0.39, 0.29) is 5.82 Å². The Labute approximate surface area is 108 Å². The van der Waals surface area contributed by atoms with E-state index in [2.05, 4.69) is 10.6 Å². The zero-order valence-corrected chi connectivity index (χ0v) is 10.8. The Kier molecular flexibility index (Phi) is 4.81. The van der Waals surface area contributed by atoms with Crippen LogP contribution in [0.3, 0.4) is 0 Å². The number of halogens is 1. The van der Waals surface area contributed by atoms with Crippen LogP contribution in [0, 0.1) is 5.82 Å². The molecule has 0 bridgehead atoms. The monoisotopic (exact) mass is 252 g/mol. The minimum atomic E-state index is -0.298. The van der Waals surface area contributed by atoms with Crippen molar-refractivity contribution in [3.05, 3.63) is 24.0 Å². The Morgan fingerprint density at radius 3 is 3.06 bits per heavy atom. The van der Waals surface area contributed by atoms with Crippen molar-refractivity contribution in [3.8, 4) is 5.75 Å². The van der Waals surface area contributed by atoms with Crippen molar-refractivity contribution in [2.75, 3.05) is 25.0 Å². The predicted octanol–water partition coefficient (Wildman–Crippen LogP) is 2.78. The van der Waals surface area contributed by atoms with Gasteiger partial charge in [-0.15, -0.1) is 0 Å². The first-order valence-corrected chi connectivity index (χ1v) is 6.69. The van der Waals surface area contributed by atoms with Crippen LogP contribution in [0.15, 0.2) is 18.2 Å². The fourth-order valence-electron chi connectivity index (χ4n) is 2.26. The number of ether oxygens (including phenoxy) is 1. The molecule has 1 heterocycles. The first-order valence-electron chi connectivity index (χ1n) is 6.69. The fraction of sp³-hybridized carbons (Fsp3) is 0.571. The number of benzene rings is 1. The molecule has 1 atom stereocenters. The van der Waals surface area contributed by atoms with Gasteiger partial charge in [-0.3, -0.25) is 0 Å². The van der Waals surface area contributed by atoms with Crippen LogP contribution in [-0.4, -0.2) is 25.7 Å². The van der Waals surface area contributed by atoms with Crippen LogP contribution in [0.5, 0.6) is 5.75 Å². The molecule has 2 N–H and O–H groups in total. The number of rotatable bonds is 4. The van der Waals surface area contributed by atoms with Crippen molar-refractivity contribution in [3.63, 3.8) is 0 Å². The van der Waals surface area contributed by atoms with E-state index < -0.39 is 0 Å². The fourth-order valence-corrected chi connectivity index (χ4v) is 2.26. The molecule has 1 aromatic rings. The third-order valence-corrected chi connectivity index (χ3v) is 3.18. The van der Waals surface area contributed by atoms with Crippen molar-refractivity contribution in [1.29, 1.82) is 0 Å². The molecular weight excluding hydrogens is 231 g/mol. The zero-order chi connectivity index (χ0) is 12.8. The maximum absolute atomic E-state index is 13.7. The second-order valence-corrected chi connectivity index (χ2v) is 4.60. The summed E-state index contributed by atoms with van der Waals surface area (Å²) >= 11 is 0. The van der Waals surface area contributed by atoms with Gasteiger partial charge in [0.1, 0.15) is 0 Å². The summed E-state index contributed by atoms with van der Waals surface area (Å²) in [5.74, 6) is 0.0270. The van der Waals surface area contributed by atoms with E-state index in [4.69, 9.17) is 4.74 Å². The van der Waals surface area contributed by atoms with Gasteiger partial charge in [-0.2, -0.15) is 0 Å². The zero-order valence-electron chi connectivity index (χ0n) is 10.8. The Hall–Kier alpha value is -1.29. The summed E-state index contributed by atoms with van der Waals surface area (Å²) in [6.45, 7) is 4.44. The quantitative estimate of drug-likeness (QED) is 0.864. The third kappa shape index (κ3) is 3.60. The minimum Gasteiger partial charge on any atom is -0.491 e. The molecule has 1 saturated heterocycles. The van der Waals surface area contributed by atoms with Gasteiger partial charge in [-0.05, 0) is 51.4 Å². The average molecular weight is 252 g/mol. The number of nitrogens with one attached hydrogen (secondary N) is 2. The Morgan fingerprint density at radius 2 is 2.28 bits per heavy atom. The van der Waals surface area contributed by atoms with Crippen LogP contribution in [0.1, 0.15) is 26.2 Å². The van der Waals surface area contributed by atoms with E-state index in [0.29, 0.717) is 18.4 Å². The SMILES string of the molecule is CCOc1ccc(NC2CCCNCC2)cc1F. The van der Waals surface area contributed by atoms with Gasteiger partial charge in [0, 0.05) is 17.8 Å². The van der Waals surface area contributed by atoms with E-state index >= 15 is 0 Å². The van der Waals surface area contributed by atoms with Gasteiger partial charge in [0.15, 0.2) is 11.6 Å². The molecule has 1 unspecified atom stereocenters. The highest BCUT2D eigenvalue weighted by Gasteiger charge is 2.12. The van der Waals surface area contributed by atoms with Crippen molar-refractivity contribution >= 4 is 5.69 Å². The first kappa shape index (κ1) is 13.1. The molecule has 0 aromatic heterocycles. The smallest absolute Gasteiger partial charge is 0.167 e. The van der Waals surface area contributed by atoms with Crippen LogP contribution in [-0.2, 0) is 0 Å². The lowest BCUT2D eigenvalue weighted by atomic mass is 10.1. The molecule has 1 fully saturated rings. The molecule has 0 radical (unpaired) electrons. The summed E-state index contributed by atoms with van der Waals surface area (Å²) in [6.07, 6.45) is 3.37. The lowest BCUT2D eigenvalue weighted by Gasteiger charge is -2.17. The summed E-state index contributed by atoms with van der Waals surface area (Å²) in [6, 6.07) is 5.52. The molecule has 3 nitrogen and oxygen atoms in total. The van der Waals surface area contributed by atoms with E-state index in [1.54, 1.807) is 6.07 Å².